The topological polar surface area (TPSA) is 79.7 Å². The molecule has 1 aliphatic heterocycles. The van der Waals surface area contributed by atoms with E-state index >= 15 is 0 Å². The lowest BCUT2D eigenvalue weighted by Crippen LogP contribution is -2.29. The van der Waals surface area contributed by atoms with Gasteiger partial charge in [0.05, 0.1) is 18.4 Å². The fourth-order valence-electron chi connectivity index (χ4n) is 4.15. The molecule has 33 heavy (non-hydrogen) atoms. The Labute approximate surface area is 190 Å². The summed E-state index contributed by atoms with van der Waals surface area (Å²) < 4.78 is 5.21. The SMILES string of the molecule is COc1ccc(N2C(=O)C(=O)/C(=C(\O)c3ccc4ccccc4c3)C2c2ccccn2)cc1. The summed E-state index contributed by atoms with van der Waals surface area (Å²) in [7, 11) is 1.55. The molecule has 0 aliphatic carbocycles. The third-order valence-corrected chi connectivity index (χ3v) is 5.79. The zero-order chi connectivity index (χ0) is 22.9. The first-order chi connectivity index (χ1) is 16.1. The first-order valence-corrected chi connectivity index (χ1v) is 10.4. The molecule has 1 saturated heterocycles. The Hall–Kier alpha value is -4.45. The van der Waals surface area contributed by atoms with Crippen LogP contribution in [0.2, 0.25) is 0 Å². The van der Waals surface area contributed by atoms with Gasteiger partial charge < -0.3 is 9.84 Å². The van der Waals surface area contributed by atoms with Crippen LogP contribution in [0.3, 0.4) is 0 Å². The molecule has 5 rings (SSSR count). The Morgan fingerprint density at radius 2 is 1.64 bits per heavy atom. The van der Waals surface area contributed by atoms with Gasteiger partial charge in [-0.15, -0.1) is 0 Å². The van der Waals surface area contributed by atoms with Crippen LogP contribution in [0.25, 0.3) is 16.5 Å². The number of hydrogen-bond donors (Lipinski definition) is 1. The van der Waals surface area contributed by atoms with Crippen molar-refractivity contribution < 1.29 is 19.4 Å². The number of aromatic nitrogens is 1. The van der Waals surface area contributed by atoms with Crippen LogP contribution in [0.4, 0.5) is 5.69 Å². The number of nitrogens with zero attached hydrogens (tertiary/aromatic N) is 2. The number of pyridine rings is 1. The summed E-state index contributed by atoms with van der Waals surface area (Å²) in [6.07, 6.45) is 1.60. The maximum atomic E-state index is 13.2. The maximum absolute atomic E-state index is 13.2. The smallest absolute Gasteiger partial charge is 0.300 e. The van der Waals surface area contributed by atoms with Crippen LogP contribution in [-0.2, 0) is 9.59 Å². The molecule has 6 nitrogen and oxygen atoms in total. The van der Waals surface area contributed by atoms with Gasteiger partial charge in [-0.1, -0.05) is 42.5 Å². The zero-order valence-corrected chi connectivity index (χ0v) is 17.8. The van der Waals surface area contributed by atoms with Gasteiger partial charge in [0.15, 0.2) is 0 Å². The minimum Gasteiger partial charge on any atom is -0.507 e. The summed E-state index contributed by atoms with van der Waals surface area (Å²) in [5, 5.41) is 13.2. The average Bonchev–Trinajstić information content (AvgIpc) is 3.14. The number of rotatable bonds is 4. The van der Waals surface area contributed by atoms with E-state index in [4.69, 9.17) is 4.74 Å². The molecule has 6 heteroatoms. The number of hydrogen-bond acceptors (Lipinski definition) is 5. The number of ketones is 1. The second-order valence-corrected chi connectivity index (χ2v) is 7.68. The minimum absolute atomic E-state index is 0.00444. The summed E-state index contributed by atoms with van der Waals surface area (Å²) in [6, 6.07) is 24.4. The number of aliphatic hydroxyl groups is 1. The molecule has 0 radical (unpaired) electrons. The van der Waals surface area contributed by atoms with Crippen molar-refractivity contribution in [3.05, 3.63) is 108 Å². The fourth-order valence-corrected chi connectivity index (χ4v) is 4.15. The van der Waals surface area contributed by atoms with Crippen molar-refractivity contribution >= 4 is 33.9 Å². The summed E-state index contributed by atoms with van der Waals surface area (Å²) in [5.74, 6) is -1.09. The summed E-state index contributed by atoms with van der Waals surface area (Å²) in [5.41, 5.74) is 1.45. The summed E-state index contributed by atoms with van der Waals surface area (Å²) in [6.45, 7) is 0. The van der Waals surface area contributed by atoms with E-state index in [0.717, 1.165) is 10.8 Å². The number of amides is 1. The summed E-state index contributed by atoms with van der Waals surface area (Å²) >= 11 is 0. The second kappa shape index (κ2) is 8.24. The van der Waals surface area contributed by atoms with Crippen molar-refractivity contribution in [1.29, 1.82) is 0 Å². The third-order valence-electron chi connectivity index (χ3n) is 5.79. The monoisotopic (exact) mass is 436 g/mol. The number of carbonyl (C=O) groups is 2. The second-order valence-electron chi connectivity index (χ2n) is 7.68. The largest absolute Gasteiger partial charge is 0.507 e. The molecule has 1 atom stereocenters. The Morgan fingerprint density at radius 3 is 2.33 bits per heavy atom. The molecule has 4 aromatic rings. The normalized spacial score (nSPS) is 17.5. The number of methoxy groups -OCH3 is 1. The van der Waals surface area contributed by atoms with Crippen LogP contribution in [-0.4, -0.2) is 28.9 Å². The van der Waals surface area contributed by atoms with Crippen LogP contribution in [0.1, 0.15) is 17.3 Å². The average molecular weight is 436 g/mol. The number of carbonyl (C=O) groups excluding carboxylic acids is 2. The Balaban J connectivity index is 1.70. The van der Waals surface area contributed by atoms with E-state index in [1.54, 1.807) is 67.9 Å². The number of anilines is 1. The number of benzene rings is 3. The highest BCUT2D eigenvalue weighted by Crippen LogP contribution is 2.42. The zero-order valence-electron chi connectivity index (χ0n) is 17.8. The van der Waals surface area contributed by atoms with Crippen LogP contribution in [0, 0.1) is 0 Å². The molecule has 0 saturated carbocycles. The fraction of sp³-hybridized carbons (Fsp3) is 0.0741. The molecular weight excluding hydrogens is 416 g/mol. The lowest BCUT2D eigenvalue weighted by Gasteiger charge is -2.24. The standard InChI is InChI=1S/C27H20N2O4/c1-33-21-13-11-20(12-14-21)29-24(22-8-4-5-15-28-22)23(26(31)27(29)32)25(30)19-10-9-17-6-2-3-7-18(17)16-19/h2-16,24,30H,1H3/b25-23-. The van der Waals surface area contributed by atoms with Crippen molar-refractivity contribution in [2.75, 3.05) is 12.0 Å². The molecular formula is C27H20N2O4. The van der Waals surface area contributed by atoms with Gasteiger partial charge in [-0.05, 0) is 53.2 Å². The van der Waals surface area contributed by atoms with Gasteiger partial charge in [0.1, 0.15) is 17.6 Å². The quantitative estimate of drug-likeness (QED) is 0.281. The van der Waals surface area contributed by atoms with Crippen molar-refractivity contribution in [1.82, 2.24) is 4.98 Å². The molecule has 0 spiro atoms. The Morgan fingerprint density at radius 1 is 0.909 bits per heavy atom. The molecule has 162 valence electrons. The highest BCUT2D eigenvalue weighted by molar-refractivity contribution is 6.51. The molecule has 0 bridgehead atoms. The molecule has 1 aliphatic rings. The van der Waals surface area contributed by atoms with E-state index < -0.39 is 17.7 Å². The lowest BCUT2D eigenvalue weighted by atomic mass is 9.97. The molecule has 1 fully saturated rings. The highest BCUT2D eigenvalue weighted by Gasteiger charge is 2.47. The van der Waals surface area contributed by atoms with Crippen LogP contribution < -0.4 is 9.64 Å². The summed E-state index contributed by atoms with van der Waals surface area (Å²) in [4.78, 5) is 32.2. The van der Waals surface area contributed by atoms with Gasteiger partial charge in [-0.3, -0.25) is 19.5 Å². The van der Waals surface area contributed by atoms with Gasteiger partial charge in [-0.2, -0.15) is 0 Å². The van der Waals surface area contributed by atoms with E-state index in [-0.39, 0.29) is 11.3 Å². The van der Waals surface area contributed by atoms with Crippen molar-refractivity contribution in [3.63, 3.8) is 0 Å². The number of Topliss-reactive ketones (excluding diaryl/α,β-unsaturated/α-hetero) is 1. The molecule has 2 heterocycles. The van der Waals surface area contributed by atoms with E-state index in [9.17, 15) is 14.7 Å². The predicted octanol–water partition coefficient (Wildman–Crippen LogP) is 4.87. The van der Waals surface area contributed by atoms with E-state index in [1.807, 2.05) is 30.3 Å². The van der Waals surface area contributed by atoms with Gasteiger partial charge in [0.2, 0.25) is 0 Å². The Bertz CT molecular complexity index is 1390. The molecule has 1 aromatic heterocycles. The first-order valence-electron chi connectivity index (χ1n) is 10.4. The van der Waals surface area contributed by atoms with Crippen LogP contribution in [0.5, 0.6) is 5.75 Å². The number of ether oxygens (including phenoxy) is 1. The van der Waals surface area contributed by atoms with Crippen molar-refractivity contribution in [2.24, 2.45) is 0 Å². The van der Waals surface area contributed by atoms with Gasteiger partial charge in [0.25, 0.3) is 11.7 Å². The third kappa shape index (κ3) is 3.51. The number of fused-ring (bicyclic) bond motifs is 1. The maximum Gasteiger partial charge on any atom is 0.300 e. The van der Waals surface area contributed by atoms with Crippen molar-refractivity contribution in [3.8, 4) is 5.75 Å². The molecule has 3 aromatic carbocycles. The Kier molecular flexibility index (Phi) is 5.11. The van der Waals surface area contributed by atoms with E-state index in [2.05, 4.69) is 4.98 Å². The number of aliphatic hydroxyl groups excluding tert-OH is 1. The lowest BCUT2D eigenvalue weighted by molar-refractivity contribution is -0.132. The van der Waals surface area contributed by atoms with E-state index in [0.29, 0.717) is 22.7 Å². The van der Waals surface area contributed by atoms with Crippen LogP contribution in [0.15, 0.2) is 96.7 Å². The predicted molar refractivity (Wildman–Crippen MR) is 126 cm³/mol. The minimum atomic E-state index is -0.869. The molecule has 1 unspecified atom stereocenters. The van der Waals surface area contributed by atoms with Gasteiger partial charge in [-0.25, -0.2) is 0 Å². The van der Waals surface area contributed by atoms with E-state index in [1.165, 1.54) is 4.90 Å². The molecule has 1 N–H and O–H groups in total. The highest BCUT2D eigenvalue weighted by atomic mass is 16.5. The van der Waals surface area contributed by atoms with Gasteiger partial charge in [0, 0.05) is 17.4 Å². The molecule has 1 amide bonds. The van der Waals surface area contributed by atoms with Crippen LogP contribution >= 0.6 is 0 Å². The first kappa shape index (κ1) is 20.5. The van der Waals surface area contributed by atoms with Gasteiger partial charge >= 0.3 is 0 Å². The van der Waals surface area contributed by atoms with Crippen molar-refractivity contribution in [2.45, 2.75) is 6.04 Å².